The van der Waals surface area contributed by atoms with Gasteiger partial charge < -0.3 is 10.7 Å². The topological polar surface area (TPSA) is 54.7 Å². The summed E-state index contributed by atoms with van der Waals surface area (Å²) in [5.41, 5.74) is 11.2. The molecule has 0 radical (unpaired) electrons. The van der Waals surface area contributed by atoms with E-state index in [1.165, 1.54) is 42.3 Å². The van der Waals surface area contributed by atoms with Crippen LogP contribution in [0.15, 0.2) is 17.3 Å². The molecule has 19 heavy (non-hydrogen) atoms. The standard InChI is InChI=1S/C15H21N3S/c1-2-12(16)9-19-15-17-13-7-10-5-3-4-6-11(10)8-14(13)18-15/h7-8,12H,2-6,9,16H2,1H3,(H,17,18). The molecule has 1 aromatic heterocycles. The second-order valence-electron chi connectivity index (χ2n) is 5.37. The van der Waals surface area contributed by atoms with Crippen LogP contribution in [0.3, 0.4) is 0 Å². The van der Waals surface area contributed by atoms with E-state index in [2.05, 4.69) is 29.0 Å². The fourth-order valence-corrected chi connectivity index (χ4v) is 3.54. The van der Waals surface area contributed by atoms with Gasteiger partial charge in [0.25, 0.3) is 0 Å². The first kappa shape index (κ1) is 13.0. The maximum Gasteiger partial charge on any atom is 0.166 e. The molecule has 0 amide bonds. The van der Waals surface area contributed by atoms with Crippen molar-refractivity contribution >= 4 is 22.8 Å². The number of benzene rings is 1. The number of aromatic nitrogens is 2. The number of nitrogens with zero attached hydrogens (tertiary/aromatic N) is 1. The highest BCUT2D eigenvalue weighted by atomic mass is 32.2. The molecule has 3 nitrogen and oxygen atoms in total. The SMILES string of the molecule is CCC(N)CSc1nc2cc3c(cc2[nH]1)CCCC3. The third-order valence-electron chi connectivity index (χ3n) is 3.88. The Balaban J connectivity index is 1.84. The number of aryl methyl sites for hydroxylation is 2. The molecular formula is C15H21N3S. The summed E-state index contributed by atoms with van der Waals surface area (Å²) >= 11 is 1.73. The molecule has 1 aromatic carbocycles. The van der Waals surface area contributed by atoms with E-state index in [0.29, 0.717) is 0 Å². The number of aromatic amines is 1. The van der Waals surface area contributed by atoms with E-state index in [9.17, 15) is 0 Å². The number of nitrogens with one attached hydrogen (secondary N) is 1. The van der Waals surface area contributed by atoms with Crippen LogP contribution in [-0.4, -0.2) is 21.8 Å². The van der Waals surface area contributed by atoms with Crippen molar-refractivity contribution in [1.29, 1.82) is 0 Å². The summed E-state index contributed by atoms with van der Waals surface area (Å²) in [4.78, 5) is 8.10. The maximum atomic E-state index is 5.95. The zero-order valence-electron chi connectivity index (χ0n) is 11.4. The summed E-state index contributed by atoms with van der Waals surface area (Å²) < 4.78 is 0. The van der Waals surface area contributed by atoms with E-state index in [1.54, 1.807) is 11.8 Å². The summed E-state index contributed by atoms with van der Waals surface area (Å²) in [6.45, 7) is 2.12. The lowest BCUT2D eigenvalue weighted by atomic mass is 9.91. The van der Waals surface area contributed by atoms with Gasteiger partial charge in [-0.1, -0.05) is 18.7 Å². The number of rotatable bonds is 4. The lowest BCUT2D eigenvalue weighted by Gasteiger charge is -2.14. The first-order valence-corrected chi connectivity index (χ1v) is 8.14. The first-order valence-electron chi connectivity index (χ1n) is 7.16. The predicted octanol–water partition coefficient (Wildman–Crippen LogP) is 3.27. The number of H-pyrrole nitrogens is 1. The van der Waals surface area contributed by atoms with Crippen molar-refractivity contribution in [3.63, 3.8) is 0 Å². The minimum absolute atomic E-state index is 0.256. The molecule has 3 rings (SSSR count). The molecule has 1 unspecified atom stereocenters. The molecule has 1 aliphatic rings. The molecular weight excluding hydrogens is 254 g/mol. The fourth-order valence-electron chi connectivity index (χ4n) is 2.59. The molecule has 0 saturated carbocycles. The Morgan fingerprint density at radius 1 is 1.32 bits per heavy atom. The Hall–Kier alpha value is -1.00. The van der Waals surface area contributed by atoms with Crippen molar-refractivity contribution in [1.82, 2.24) is 9.97 Å². The second kappa shape index (κ2) is 5.55. The molecule has 4 heteroatoms. The van der Waals surface area contributed by atoms with Crippen LogP contribution in [-0.2, 0) is 12.8 Å². The molecule has 0 spiro atoms. The first-order chi connectivity index (χ1) is 9.26. The molecule has 3 N–H and O–H groups in total. The lowest BCUT2D eigenvalue weighted by Crippen LogP contribution is -2.21. The molecule has 2 aromatic rings. The summed E-state index contributed by atoms with van der Waals surface area (Å²) in [6.07, 6.45) is 6.08. The van der Waals surface area contributed by atoms with E-state index >= 15 is 0 Å². The van der Waals surface area contributed by atoms with Gasteiger partial charge in [0.05, 0.1) is 11.0 Å². The Labute approximate surface area is 118 Å². The van der Waals surface area contributed by atoms with E-state index < -0.39 is 0 Å². The van der Waals surface area contributed by atoms with Crippen LogP contribution >= 0.6 is 11.8 Å². The molecule has 1 atom stereocenters. The number of hydrogen-bond acceptors (Lipinski definition) is 3. The van der Waals surface area contributed by atoms with Gasteiger partial charge in [-0.3, -0.25) is 0 Å². The van der Waals surface area contributed by atoms with Crippen molar-refractivity contribution < 1.29 is 0 Å². The number of thioether (sulfide) groups is 1. The van der Waals surface area contributed by atoms with Gasteiger partial charge in [0.1, 0.15) is 0 Å². The highest BCUT2D eigenvalue weighted by Crippen LogP contribution is 2.27. The monoisotopic (exact) mass is 275 g/mol. The van der Waals surface area contributed by atoms with E-state index in [4.69, 9.17) is 5.73 Å². The third kappa shape index (κ3) is 2.79. The van der Waals surface area contributed by atoms with Crippen molar-refractivity contribution in [3.05, 3.63) is 23.3 Å². The number of imidazole rings is 1. The summed E-state index contributed by atoms with van der Waals surface area (Å²) in [6, 6.07) is 4.82. The van der Waals surface area contributed by atoms with Gasteiger partial charge in [0, 0.05) is 11.8 Å². The zero-order chi connectivity index (χ0) is 13.2. The molecule has 0 aliphatic heterocycles. The normalized spacial score (nSPS) is 16.5. The van der Waals surface area contributed by atoms with Crippen LogP contribution < -0.4 is 5.73 Å². The summed E-state index contributed by atoms with van der Waals surface area (Å²) in [5.74, 6) is 0.927. The van der Waals surface area contributed by atoms with Crippen molar-refractivity contribution in [2.75, 3.05) is 5.75 Å². The predicted molar refractivity (Wildman–Crippen MR) is 81.7 cm³/mol. The van der Waals surface area contributed by atoms with Crippen LogP contribution in [0.2, 0.25) is 0 Å². The molecule has 1 heterocycles. The lowest BCUT2D eigenvalue weighted by molar-refractivity contribution is 0.687. The number of fused-ring (bicyclic) bond motifs is 2. The van der Waals surface area contributed by atoms with Crippen LogP contribution in [0.5, 0.6) is 0 Å². The van der Waals surface area contributed by atoms with Crippen LogP contribution in [0, 0.1) is 0 Å². The smallest absolute Gasteiger partial charge is 0.166 e. The number of hydrogen-bond donors (Lipinski definition) is 2. The molecule has 102 valence electrons. The summed E-state index contributed by atoms with van der Waals surface area (Å²) in [5, 5.41) is 1.00. The fraction of sp³-hybridized carbons (Fsp3) is 0.533. The number of nitrogens with two attached hydrogens (primary N) is 1. The van der Waals surface area contributed by atoms with E-state index in [-0.39, 0.29) is 6.04 Å². The highest BCUT2D eigenvalue weighted by molar-refractivity contribution is 7.99. The van der Waals surface area contributed by atoms with Crippen molar-refractivity contribution in [2.24, 2.45) is 5.73 Å². The molecule has 0 fully saturated rings. The second-order valence-corrected chi connectivity index (χ2v) is 6.38. The Morgan fingerprint density at radius 3 is 2.79 bits per heavy atom. The van der Waals surface area contributed by atoms with Gasteiger partial charge >= 0.3 is 0 Å². The molecule has 1 aliphatic carbocycles. The average Bonchev–Trinajstić information content (AvgIpc) is 2.83. The Kier molecular flexibility index (Phi) is 3.80. The maximum absolute atomic E-state index is 5.95. The van der Waals surface area contributed by atoms with Gasteiger partial charge in [-0.15, -0.1) is 0 Å². The third-order valence-corrected chi connectivity index (χ3v) is 4.94. The molecule has 0 bridgehead atoms. The van der Waals surface area contributed by atoms with E-state index in [0.717, 1.165) is 22.8 Å². The quantitative estimate of drug-likeness (QED) is 0.842. The Bertz CT molecular complexity index is 533. The van der Waals surface area contributed by atoms with Gasteiger partial charge in [0.15, 0.2) is 5.16 Å². The Morgan fingerprint density at radius 2 is 2.05 bits per heavy atom. The largest absolute Gasteiger partial charge is 0.333 e. The average molecular weight is 275 g/mol. The van der Waals surface area contributed by atoms with Crippen LogP contribution in [0.4, 0.5) is 0 Å². The van der Waals surface area contributed by atoms with Crippen LogP contribution in [0.1, 0.15) is 37.3 Å². The van der Waals surface area contributed by atoms with E-state index in [1.807, 2.05) is 0 Å². The van der Waals surface area contributed by atoms with Gasteiger partial charge in [-0.2, -0.15) is 0 Å². The summed E-state index contributed by atoms with van der Waals surface area (Å²) in [7, 11) is 0. The minimum Gasteiger partial charge on any atom is -0.333 e. The van der Waals surface area contributed by atoms with Gasteiger partial charge in [-0.05, 0) is 55.4 Å². The van der Waals surface area contributed by atoms with Gasteiger partial charge in [-0.25, -0.2) is 4.98 Å². The van der Waals surface area contributed by atoms with Crippen molar-refractivity contribution in [3.8, 4) is 0 Å². The molecule has 0 saturated heterocycles. The highest BCUT2D eigenvalue weighted by Gasteiger charge is 2.13. The zero-order valence-corrected chi connectivity index (χ0v) is 12.2. The van der Waals surface area contributed by atoms with Crippen molar-refractivity contribution in [2.45, 2.75) is 50.2 Å². The van der Waals surface area contributed by atoms with Crippen LogP contribution in [0.25, 0.3) is 11.0 Å². The minimum atomic E-state index is 0.256. The van der Waals surface area contributed by atoms with Gasteiger partial charge in [0.2, 0.25) is 0 Å².